The zero-order valence-corrected chi connectivity index (χ0v) is 16.9. The lowest BCUT2D eigenvalue weighted by molar-refractivity contribution is -0.113. The summed E-state index contributed by atoms with van der Waals surface area (Å²) in [5, 5.41) is 9.83. The summed E-state index contributed by atoms with van der Waals surface area (Å²) in [4.78, 5) is 18.6. The average molecular weight is 434 g/mol. The number of hydrogen-bond acceptors (Lipinski definition) is 4. The Kier molecular flexibility index (Phi) is 6.74. The molecule has 0 bridgehead atoms. The third kappa shape index (κ3) is 4.56. The highest BCUT2D eigenvalue weighted by Gasteiger charge is 2.33. The summed E-state index contributed by atoms with van der Waals surface area (Å²) in [6.45, 7) is 0. The number of thioether (sulfide) groups is 1. The Hall–Kier alpha value is -2.33. The molecule has 0 aliphatic carbocycles. The number of halogens is 3. The molecule has 0 radical (unpaired) electrons. The lowest BCUT2D eigenvalue weighted by atomic mass is 10.2. The predicted molar refractivity (Wildman–Crippen MR) is 113 cm³/mol. The maximum absolute atomic E-state index is 14.3. The Balaban J connectivity index is 1.95. The van der Waals surface area contributed by atoms with E-state index in [9.17, 15) is 9.18 Å². The van der Waals surface area contributed by atoms with Crippen molar-refractivity contribution in [3.63, 3.8) is 0 Å². The number of anilines is 1. The van der Waals surface area contributed by atoms with Crippen LogP contribution in [-0.2, 0) is 4.79 Å². The highest BCUT2D eigenvalue weighted by Crippen LogP contribution is 2.32. The summed E-state index contributed by atoms with van der Waals surface area (Å²) in [6.07, 6.45) is 2.63. The van der Waals surface area contributed by atoms with Gasteiger partial charge in [-0.25, -0.2) is 9.38 Å². The number of carbonyl (C=O) groups excluding carboxylic acids is 1. The molecule has 0 aromatic heterocycles. The van der Waals surface area contributed by atoms with Crippen LogP contribution in [0.4, 0.5) is 10.1 Å². The lowest BCUT2D eigenvalue weighted by Gasteiger charge is -2.18. The van der Waals surface area contributed by atoms with Crippen molar-refractivity contribution in [2.24, 2.45) is 4.99 Å². The number of nitriles is 1. The van der Waals surface area contributed by atoms with Gasteiger partial charge in [0.15, 0.2) is 5.17 Å². The molecule has 0 fully saturated rings. The molecule has 1 aliphatic heterocycles. The molecule has 0 atom stereocenters. The molecule has 0 spiro atoms. The first kappa shape index (κ1) is 20.4. The van der Waals surface area contributed by atoms with E-state index in [0.717, 1.165) is 0 Å². The minimum Gasteiger partial charge on any atom is -0.266 e. The fraction of sp³-hybridized carbons (Fsp3) is 0.150. The van der Waals surface area contributed by atoms with Crippen molar-refractivity contribution in [3.8, 4) is 6.07 Å². The molecule has 0 N–H and O–H groups in total. The summed E-state index contributed by atoms with van der Waals surface area (Å²) in [5.41, 5.74) is 0.965. The van der Waals surface area contributed by atoms with Crippen molar-refractivity contribution in [1.29, 1.82) is 5.26 Å². The van der Waals surface area contributed by atoms with Crippen LogP contribution in [0.3, 0.4) is 0 Å². The first-order chi connectivity index (χ1) is 13.5. The van der Waals surface area contributed by atoms with Crippen LogP contribution < -0.4 is 4.90 Å². The normalized spacial score (nSPS) is 15.1. The molecular formula is C20H14Cl2FN3OS. The van der Waals surface area contributed by atoms with E-state index in [2.05, 4.69) is 11.1 Å². The quantitative estimate of drug-likeness (QED) is 0.434. The van der Waals surface area contributed by atoms with E-state index in [1.165, 1.54) is 28.8 Å². The number of amidine groups is 1. The van der Waals surface area contributed by atoms with Gasteiger partial charge in [0.2, 0.25) is 0 Å². The molecular weight excluding hydrogens is 420 g/mol. The van der Waals surface area contributed by atoms with Gasteiger partial charge in [-0.2, -0.15) is 5.26 Å². The third-order valence-corrected chi connectivity index (χ3v) is 5.60. The number of nitrogens with zero attached hydrogens (tertiary/aromatic N) is 3. The minimum absolute atomic E-state index is 0.136. The number of benzene rings is 2. The average Bonchev–Trinajstić information content (AvgIpc) is 2.98. The van der Waals surface area contributed by atoms with Crippen LogP contribution in [0.15, 0.2) is 53.2 Å². The third-order valence-electron chi connectivity index (χ3n) is 3.83. The zero-order valence-electron chi connectivity index (χ0n) is 14.5. The second-order valence-corrected chi connectivity index (χ2v) is 7.68. The summed E-state index contributed by atoms with van der Waals surface area (Å²) >= 11 is 13.3. The molecule has 1 amide bonds. The van der Waals surface area contributed by atoms with E-state index in [1.807, 2.05) is 0 Å². The predicted octanol–water partition coefficient (Wildman–Crippen LogP) is 5.91. The second kappa shape index (κ2) is 9.24. The van der Waals surface area contributed by atoms with Crippen molar-refractivity contribution in [1.82, 2.24) is 0 Å². The highest BCUT2D eigenvalue weighted by molar-refractivity contribution is 8.14. The van der Waals surface area contributed by atoms with Crippen LogP contribution in [0, 0.1) is 17.1 Å². The number of carbonyl (C=O) groups is 1. The monoisotopic (exact) mass is 433 g/mol. The van der Waals surface area contributed by atoms with E-state index in [4.69, 9.17) is 28.5 Å². The van der Waals surface area contributed by atoms with Gasteiger partial charge in [-0.1, -0.05) is 53.2 Å². The molecule has 8 heteroatoms. The molecule has 0 saturated carbocycles. The van der Waals surface area contributed by atoms with E-state index in [-0.39, 0.29) is 11.4 Å². The number of amides is 1. The molecule has 142 valence electrons. The van der Waals surface area contributed by atoms with Crippen molar-refractivity contribution < 1.29 is 9.18 Å². The molecule has 0 unspecified atom stereocenters. The number of aliphatic imine (C=N–C) groups is 1. The molecule has 4 nitrogen and oxygen atoms in total. The van der Waals surface area contributed by atoms with Crippen LogP contribution in [-0.4, -0.2) is 16.8 Å². The van der Waals surface area contributed by atoms with Crippen molar-refractivity contribution in [2.75, 3.05) is 10.7 Å². The SMILES string of the molecule is N#CCCCSC1=N/C(=C/c2ccc(Cl)c(Cl)c2)C(=O)N1c1ccccc1F. The van der Waals surface area contributed by atoms with E-state index in [1.54, 1.807) is 36.4 Å². The standard InChI is InChI=1S/C20H14Cl2FN3OS/c21-14-8-7-13(11-15(14)22)12-17-19(27)26(18-6-2-1-5-16(18)23)20(25-17)28-10-4-3-9-24/h1-2,5-8,11-12H,3-4,10H2/b17-12+. The van der Waals surface area contributed by atoms with E-state index in [0.29, 0.717) is 39.4 Å². The Morgan fingerprint density at radius 3 is 2.71 bits per heavy atom. The molecule has 2 aromatic rings. The van der Waals surface area contributed by atoms with E-state index < -0.39 is 11.7 Å². The lowest BCUT2D eigenvalue weighted by Crippen LogP contribution is -2.31. The van der Waals surface area contributed by atoms with Crippen molar-refractivity contribution in [2.45, 2.75) is 12.8 Å². The summed E-state index contributed by atoms with van der Waals surface area (Å²) in [6, 6.07) is 13.1. The van der Waals surface area contributed by atoms with Gasteiger partial charge < -0.3 is 0 Å². The summed E-state index contributed by atoms with van der Waals surface area (Å²) < 4.78 is 14.3. The molecule has 1 aliphatic rings. The van der Waals surface area contributed by atoms with Gasteiger partial charge in [-0.15, -0.1) is 0 Å². The number of rotatable bonds is 5. The van der Waals surface area contributed by atoms with Crippen LogP contribution >= 0.6 is 35.0 Å². The Morgan fingerprint density at radius 2 is 2.00 bits per heavy atom. The number of hydrogen-bond donors (Lipinski definition) is 0. The largest absolute Gasteiger partial charge is 0.283 e. The smallest absolute Gasteiger partial charge is 0.266 e. The summed E-state index contributed by atoms with van der Waals surface area (Å²) in [5.74, 6) is -0.360. The van der Waals surface area contributed by atoms with Crippen molar-refractivity contribution in [3.05, 3.63) is 69.6 Å². The second-order valence-electron chi connectivity index (χ2n) is 5.80. The van der Waals surface area contributed by atoms with Crippen LogP contribution in [0.1, 0.15) is 18.4 Å². The van der Waals surface area contributed by atoms with Gasteiger partial charge in [-0.3, -0.25) is 9.69 Å². The maximum Gasteiger partial charge on any atom is 0.283 e. The molecule has 0 saturated heterocycles. The van der Waals surface area contributed by atoms with Crippen LogP contribution in [0.5, 0.6) is 0 Å². The fourth-order valence-electron chi connectivity index (χ4n) is 2.51. The topological polar surface area (TPSA) is 56.5 Å². The Labute approximate surface area is 176 Å². The van der Waals surface area contributed by atoms with Crippen LogP contribution in [0.25, 0.3) is 6.08 Å². The molecule has 2 aromatic carbocycles. The molecule has 3 rings (SSSR count). The van der Waals surface area contributed by atoms with Gasteiger partial charge in [0.05, 0.1) is 21.8 Å². The number of para-hydroxylation sites is 1. The summed E-state index contributed by atoms with van der Waals surface area (Å²) in [7, 11) is 0. The minimum atomic E-state index is -0.517. The Morgan fingerprint density at radius 1 is 1.21 bits per heavy atom. The zero-order chi connectivity index (χ0) is 20.1. The van der Waals surface area contributed by atoms with Gasteiger partial charge in [-0.05, 0) is 42.3 Å². The van der Waals surface area contributed by atoms with E-state index >= 15 is 0 Å². The van der Waals surface area contributed by atoms with Crippen LogP contribution in [0.2, 0.25) is 10.0 Å². The van der Waals surface area contributed by atoms with Gasteiger partial charge in [0, 0.05) is 12.2 Å². The maximum atomic E-state index is 14.3. The first-order valence-electron chi connectivity index (χ1n) is 8.35. The first-order valence-corrected chi connectivity index (χ1v) is 10.1. The van der Waals surface area contributed by atoms with Crippen molar-refractivity contribution >= 4 is 57.8 Å². The molecule has 1 heterocycles. The fourth-order valence-corrected chi connectivity index (χ4v) is 3.76. The van der Waals surface area contributed by atoms with Gasteiger partial charge in [0.1, 0.15) is 11.5 Å². The van der Waals surface area contributed by atoms with Gasteiger partial charge in [0.25, 0.3) is 5.91 Å². The van der Waals surface area contributed by atoms with Gasteiger partial charge >= 0.3 is 0 Å². The molecule has 28 heavy (non-hydrogen) atoms. The number of unbranched alkanes of at least 4 members (excludes halogenated alkanes) is 1. The Bertz CT molecular complexity index is 1020. The highest BCUT2D eigenvalue weighted by atomic mass is 35.5.